The van der Waals surface area contributed by atoms with E-state index in [2.05, 4.69) is 4.98 Å². The maximum atomic E-state index is 15.0. The lowest BCUT2D eigenvalue weighted by molar-refractivity contribution is -0.385. The number of nitrogen functional groups attached to an aromatic ring is 1. The number of hydrogen-bond acceptors (Lipinski definition) is 11. The fourth-order valence-electron chi connectivity index (χ4n) is 5.25. The molecular formula is C31H29F4N4O9P. The second-order valence-electron chi connectivity index (χ2n) is 10.9. The molecule has 4 unspecified atom stereocenters. The van der Waals surface area contributed by atoms with Crippen molar-refractivity contribution in [3.05, 3.63) is 111 Å². The summed E-state index contributed by atoms with van der Waals surface area (Å²) < 4.78 is 93.8. The molecule has 4 atom stereocenters. The molecule has 1 aromatic heterocycles. The Morgan fingerprint density at radius 2 is 1.82 bits per heavy atom. The summed E-state index contributed by atoms with van der Waals surface area (Å²) in [5.74, 6) is -6.92. The van der Waals surface area contributed by atoms with Gasteiger partial charge in [-0.25, -0.2) is 26.9 Å². The number of nitro groups is 1. The fourth-order valence-corrected chi connectivity index (χ4v) is 6.47. The zero-order chi connectivity index (χ0) is 35.5. The van der Waals surface area contributed by atoms with Crippen molar-refractivity contribution in [1.82, 2.24) is 9.55 Å². The van der Waals surface area contributed by atoms with Gasteiger partial charge in [-0.2, -0.15) is 4.98 Å². The lowest BCUT2D eigenvalue weighted by atomic mass is 10.0. The van der Waals surface area contributed by atoms with Gasteiger partial charge in [-0.05, 0) is 66.9 Å². The molecule has 3 N–H and O–H groups in total. The largest absolute Gasteiger partial charge is 0.475 e. The number of nitro benzene ring substituents is 1. The molecule has 5 rings (SSSR count). The first-order valence-electron chi connectivity index (χ1n) is 14.7. The maximum Gasteiger partial charge on any atom is 0.475 e. The molecule has 0 bridgehead atoms. The van der Waals surface area contributed by atoms with Crippen molar-refractivity contribution in [1.29, 1.82) is 0 Å². The van der Waals surface area contributed by atoms with Gasteiger partial charge in [-0.1, -0.05) is 12.1 Å². The molecule has 3 aromatic carbocycles. The van der Waals surface area contributed by atoms with Crippen LogP contribution in [0, 0.1) is 27.7 Å². The quantitative estimate of drug-likeness (QED) is 0.0679. The molecule has 260 valence electrons. The molecule has 0 amide bonds. The second kappa shape index (κ2) is 14.4. The van der Waals surface area contributed by atoms with Crippen molar-refractivity contribution < 1.29 is 50.5 Å². The number of nitrogens with zero attached hydrogens (tertiary/aromatic N) is 3. The average molecular weight is 709 g/mol. The molecule has 1 aliphatic rings. The highest BCUT2D eigenvalue weighted by Crippen LogP contribution is 2.53. The summed E-state index contributed by atoms with van der Waals surface area (Å²) in [7, 11) is -4.47. The number of anilines is 1. The first-order chi connectivity index (χ1) is 23.2. The lowest BCUT2D eigenvalue weighted by Gasteiger charge is -2.24. The van der Waals surface area contributed by atoms with Gasteiger partial charge in [0.05, 0.1) is 24.7 Å². The summed E-state index contributed by atoms with van der Waals surface area (Å²) in [4.78, 5) is 26.6. The van der Waals surface area contributed by atoms with Crippen LogP contribution < -0.4 is 16.2 Å². The molecule has 1 aliphatic carbocycles. The van der Waals surface area contributed by atoms with E-state index in [1.54, 1.807) is 0 Å². The van der Waals surface area contributed by atoms with E-state index in [-0.39, 0.29) is 35.1 Å². The number of ether oxygens (including phenoxy) is 1. The van der Waals surface area contributed by atoms with Crippen LogP contribution in [0.15, 0.2) is 77.7 Å². The van der Waals surface area contributed by atoms with E-state index in [1.807, 2.05) is 0 Å². The topological polar surface area (TPSA) is 178 Å². The molecular weight excluding hydrogens is 679 g/mol. The van der Waals surface area contributed by atoms with Crippen molar-refractivity contribution in [3.63, 3.8) is 0 Å². The number of phosphoric acid groups is 1. The Kier molecular flexibility index (Phi) is 10.5. The van der Waals surface area contributed by atoms with E-state index in [0.29, 0.717) is 10.1 Å². The number of aromatic nitrogens is 2. The molecule has 0 aliphatic heterocycles. The van der Waals surface area contributed by atoms with E-state index in [9.17, 15) is 33.4 Å². The van der Waals surface area contributed by atoms with Gasteiger partial charge in [0.2, 0.25) is 5.75 Å². The zero-order valence-corrected chi connectivity index (χ0v) is 26.5. The molecule has 13 nitrogen and oxygen atoms in total. The molecule has 0 radical (unpaired) electrons. The number of hydrogen-bond donors (Lipinski definition) is 2. The number of halogens is 4. The van der Waals surface area contributed by atoms with Gasteiger partial charge < -0.3 is 15.6 Å². The van der Waals surface area contributed by atoms with Gasteiger partial charge in [-0.3, -0.25) is 28.3 Å². The standard InChI is InChI=1S/C31H29F4N4O9P/c1-2-45-49(44,47-17-20-14-27(31(34,35)29(20)40)38-12-11-28(36)37-30(38)41)46-16-18-3-10-25(39(42)43)26(13-18)48-22-8-9-23(24(33)15-22)19-4-6-21(32)7-5-19/h3-13,15,20,27,29,40H,2,14,16-17H2,1H3,(H2,36,37,41). The Bertz CT molecular complexity index is 1950. The van der Waals surface area contributed by atoms with Crippen LogP contribution in [0.3, 0.4) is 0 Å². The normalized spacial score (nSPS) is 19.8. The second-order valence-corrected chi connectivity index (χ2v) is 12.6. The van der Waals surface area contributed by atoms with Crippen LogP contribution in [0.25, 0.3) is 11.1 Å². The molecule has 1 heterocycles. The third kappa shape index (κ3) is 7.98. The molecule has 4 aromatic rings. The van der Waals surface area contributed by atoms with Crippen LogP contribution in [0.2, 0.25) is 0 Å². The lowest BCUT2D eigenvalue weighted by Crippen LogP contribution is -2.40. The first kappa shape index (κ1) is 35.6. The molecule has 0 saturated heterocycles. The molecule has 18 heteroatoms. The highest BCUT2D eigenvalue weighted by molar-refractivity contribution is 7.48. The van der Waals surface area contributed by atoms with Crippen LogP contribution in [0.5, 0.6) is 11.5 Å². The van der Waals surface area contributed by atoms with Gasteiger partial charge in [0, 0.05) is 29.8 Å². The average Bonchev–Trinajstić information content (AvgIpc) is 3.27. The number of nitrogens with two attached hydrogens (primary N) is 1. The number of aliphatic hydroxyl groups excluding tert-OH is 1. The van der Waals surface area contributed by atoms with Crippen LogP contribution in [-0.4, -0.2) is 44.8 Å². The molecule has 1 fully saturated rings. The summed E-state index contributed by atoms with van der Waals surface area (Å²) >= 11 is 0. The van der Waals surface area contributed by atoms with E-state index in [0.717, 1.165) is 24.4 Å². The van der Waals surface area contributed by atoms with Crippen molar-refractivity contribution in [2.45, 2.75) is 38.0 Å². The summed E-state index contributed by atoms with van der Waals surface area (Å²) in [6, 6.07) is 11.7. The third-order valence-electron chi connectivity index (χ3n) is 7.67. The summed E-state index contributed by atoms with van der Waals surface area (Å²) in [5, 5.41) is 22.1. The van der Waals surface area contributed by atoms with Gasteiger partial charge in [0.15, 0.2) is 0 Å². The highest BCUT2D eigenvalue weighted by Gasteiger charge is 2.58. The molecule has 0 spiro atoms. The number of alkyl halides is 2. The minimum atomic E-state index is -4.47. The Hall–Kier alpha value is -4.67. The molecule has 49 heavy (non-hydrogen) atoms. The zero-order valence-electron chi connectivity index (χ0n) is 25.6. The number of phosphoric ester groups is 1. The highest BCUT2D eigenvalue weighted by atomic mass is 31.2. The van der Waals surface area contributed by atoms with Crippen molar-refractivity contribution >= 4 is 19.3 Å². The number of aliphatic hydroxyl groups is 1. The van der Waals surface area contributed by atoms with Crippen molar-refractivity contribution in [3.8, 4) is 22.6 Å². The third-order valence-corrected chi connectivity index (χ3v) is 9.15. The number of rotatable bonds is 13. The Balaban J connectivity index is 1.29. The SMILES string of the molecule is CCOP(=O)(OCc1ccc([N+](=O)[O-])c(Oc2ccc(-c3ccc(F)cc3)c(F)c2)c1)OCC1CC(n2ccc(N)nc2=O)C(F)(F)C1O. The summed E-state index contributed by atoms with van der Waals surface area (Å²) in [6.45, 7) is 0.0362. The van der Waals surface area contributed by atoms with Crippen LogP contribution in [0.4, 0.5) is 29.1 Å². The molecule has 1 saturated carbocycles. The maximum absolute atomic E-state index is 15.0. The Morgan fingerprint density at radius 1 is 1.08 bits per heavy atom. The minimum absolute atomic E-state index is 0.102. The van der Waals surface area contributed by atoms with Crippen LogP contribution >= 0.6 is 7.82 Å². The smallest absolute Gasteiger partial charge is 0.450 e. The van der Waals surface area contributed by atoms with Gasteiger partial charge >= 0.3 is 19.2 Å². The van der Waals surface area contributed by atoms with Crippen molar-refractivity contribution in [2.75, 3.05) is 18.9 Å². The van der Waals surface area contributed by atoms with Gasteiger partial charge in [-0.15, -0.1) is 0 Å². The predicted molar refractivity (Wildman–Crippen MR) is 166 cm³/mol. The Morgan fingerprint density at radius 3 is 2.47 bits per heavy atom. The van der Waals surface area contributed by atoms with Crippen LogP contribution in [0.1, 0.15) is 24.9 Å². The predicted octanol–water partition coefficient (Wildman–Crippen LogP) is 6.41. The van der Waals surface area contributed by atoms with E-state index < -0.39 is 79.4 Å². The van der Waals surface area contributed by atoms with Crippen LogP contribution in [-0.2, 0) is 24.7 Å². The van der Waals surface area contributed by atoms with E-state index >= 15 is 8.78 Å². The first-order valence-corrected chi connectivity index (χ1v) is 16.1. The van der Waals surface area contributed by atoms with Gasteiger partial charge in [0.25, 0.3) is 5.92 Å². The van der Waals surface area contributed by atoms with E-state index in [1.165, 1.54) is 55.5 Å². The summed E-state index contributed by atoms with van der Waals surface area (Å²) in [6.07, 6.45) is -1.71. The van der Waals surface area contributed by atoms with E-state index in [4.69, 9.17) is 24.0 Å². The minimum Gasteiger partial charge on any atom is -0.450 e. The summed E-state index contributed by atoms with van der Waals surface area (Å²) in [5.41, 5.74) is 4.61. The fraction of sp³-hybridized carbons (Fsp3) is 0.290. The number of benzene rings is 3. The monoisotopic (exact) mass is 708 g/mol. The van der Waals surface area contributed by atoms with Gasteiger partial charge in [0.1, 0.15) is 35.3 Å². The van der Waals surface area contributed by atoms with Crippen molar-refractivity contribution in [2.24, 2.45) is 5.92 Å². The Labute approximate surface area is 275 Å².